The van der Waals surface area contributed by atoms with Crippen LogP contribution in [0.15, 0.2) is 33.5 Å². The van der Waals surface area contributed by atoms with Crippen molar-refractivity contribution in [3.8, 4) is 5.75 Å². The monoisotopic (exact) mass is 256 g/mol. The van der Waals surface area contributed by atoms with Gasteiger partial charge in [-0.05, 0) is 13.0 Å². The normalized spacial score (nSPS) is 11.7. The third kappa shape index (κ3) is 2.39. The molecule has 0 saturated heterocycles. The van der Waals surface area contributed by atoms with Gasteiger partial charge in [0.05, 0.1) is 0 Å². The quantitative estimate of drug-likeness (QED) is 0.625. The first-order valence-corrected chi connectivity index (χ1v) is 6.19. The first-order chi connectivity index (χ1) is 7.88. The fourth-order valence-electron chi connectivity index (χ4n) is 1.51. The molecule has 0 saturated carbocycles. The fourth-order valence-corrected chi connectivity index (χ4v) is 1.96. The number of hydrogen-bond acceptors (Lipinski definition) is 4. The smallest absolute Gasteiger partial charge is 0.420 e. The Kier molecular flexibility index (Phi) is 2.79. The summed E-state index contributed by atoms with van der Waals surface area (Å²) in [6.45, 7) is 1.53. The van der Waals surface area contributed by atoms with Gasteiger partial charge in [-0.1, -0.05) is 18.2 Å². The third-order valence-electron chi connectivity index (χ3n) is 2.23. The van der Waals surface area contributed by atoms with Crippen LogP contribution in [0.2, 0.25) is 0 Å². The number of hydrogen-bond donors (Lipinski definition) is 2. The first kappa shape index (κ1) is 11.9. The highest BCUT2D eigenvalue weighted by molar-refractivity contribution is 7.46. The van der Waals surface area contributed by atoms with Crippen LogP contribution in [-0.2, 0) is 4.57 Å². The Labute approximate surface area is 95.7 Å². The molecule has 0 atom stereocenters. The van der Waals surface area contributed by atoms with Crippen LogP contribution in [-0.4, -0.2) is 9.79 Å². The van der Waals surface area contributed by atoms with Crippen LogP contribution in [0.3, 0.4) is 0 Å². The molecule has 2 N–H and O–H groups in total. The molecule has 0 aliphatic carbocycles. The van der Waals surface area contributed by atoms with E-state index in [4.69, 9.17) is 14.2 Å². The molecule has 0 unspecified atom stereocenters. The zero-order valence-corrected chi connectivity index (χ0v) is 9.68. The second kappa shape index (κ2) is 4.00. The van der Waals surface area contributed by atoms with Gasteiger partial charge in [-0.25, -0.2) is 9.36 Å². The van der Waals surface area contributed by atoms with Crippen LogP contribution in [0, 0.1) is 6.92 Å². The van der Waals surface area contributed by atoms with Crippen molar-refractivity contribution in [3.63, 3.8) is 0 Å². The van der Waals surface area contributed by atoms with Crippen molar-refractivity contribution in [2.45, 2.75) is 6.92 Å². The molecule has 90 valence electrons. The van der Waals surface area contributed by atoms with E-state index in [1.54, 1.807) is 24.3 Å². The summed E-state index contributed by atoms with van der Waals surface area (Å²) in [4.78, 5) is 28.9. The van der Waals surface area contributed by atoms with E-state index in [1.807, 2.05) is 0 Å². The van der Waals surface area contributed by atoms with Gasteiger partial charge in [0.25, 0.3) is 0 Å². The summed E-state index contributed by atoms with van der Waals surface area (Å²) >= 11 is 0. The van der Waals surface area contributed by atoms with E-state index in [9.17, 15) is 9.36 Å². The van der Waals surface area contributed by atoms with E-state index in [1.165, 1.54) is 6.92 Å². The third-order valence-corrected chi connectivity index (χ3v) is 2.65. The molecule has 6 nitrogen and oxygen atoms in total. The highest BCUT2D eigenvalue weighted by Crippen LogP contribution is 2.38. The van der Waals surface area contributed by atoms with Gasteiger partial charge in [0.15, 0.2) is 0 Å². The fraction of sp³-hybridized carbons (Fsp3) is 0.100. The van der Waals surface area contributed by atoms with Gasteiger partial charge in [-0.3, -0.25) is 9.79 Å². The predicted octanol–water partition coefficient (Wildman–Crippen LogP) is 1.57. The molecular weight excluding hydrogens is 247 g/mol. The molecule has 1 heterocycles. The second-order valence-electron chi connectivity index (χ2n) is 3.42. The van der Waals surface area contributed by atoms with Crippen LogP contribution in [0.1, 0.15) is 5.56 Å². The van der Waals surface area contributed by atoms with Gasteiger partial charge in [-0.15, -0.1) is 0 Å². The van der Waals surface area contributed by atoms with Crippen molar-refractivity contribution in [2.24, 2.45) is 0 Å². The summed E-state index contributed by atoms with van der Waals surface area (Å²) in [7, 11) is -4.78. The molecule has 0 aliphatic heterocycles. The second-order valence-corrected chi connectivity index (χ2v) is 4.59. The lowest BCUT2D eigenvalue weighted by atomic mass is 10.1. The number of rotatable bonds is 2. The molecule has 2 aromatic rings. The number of fused-ring (bicyclic) bond motifs is 1. The Morgan fingerprint density at radius 1 is 1.29 bits per heavy atom. The minimum atomic E-state index is -4.78. The molecule has 17 heavy (non-hydrogen) atoms. The van der Waals surface area contributed by atoms with E-state index in [2.05, 4.69) is 4.52 Å². The summed E-state index contributed by atoms with van der Waals surface area (Å²) in [6, 6.07) is 6.66. The maximum atomic E-state index is 11.5. The average molecular weight is 256 g/mol. The largest absolute Gasteiger partial charge is 0.525 e. The van der Waals surface area contributed by atoms with Crippen LogP contribution in [0.25, 0.3) is 11.0 Å². The Bertz CT molecular complexity index is 668. The molecule has 7 heteroatoms. The van der Waals surface area contributed by atoms with Gasteiger partial charge >= 0.3 is 13.4 Å². The lowest BCUT2D eigenvalue weighted by molar-refractivity contribution is 0.278. The topological polar surface area (TPSA) is 97.0 Å². The maximum absolute atomic E-state index is 11.5. The van der Waals surface area contributed by atoms with E-state index >= 15 is 0 Å². The Morgan fingerprint density at radius 3 is 2.59 bits per heavy atom. The molecule has 2 rings (SSSR count). The summed E-state index contributed by atoms with van der Waals surface area (Å²) in [6.07, 6.45) is 0. The van der Waals surface area contributed by atoms with Gasteiger partial charge in [-0.2, -0.15) is 0 Å². The standard InChI is InChI=1S/C10H9O6P/c1-6-7-4-2-3-5-8(7)15-10(11)9(6)16-17(12,13)14/h2-5H,1H3,(H2,12,13,14). The van der Waals surface area contributed by atoms with Crippen LogP contribution >= 0.6 is 7.82 Å². The molecule has 0 fully saturated rings. The predicted molar refractivity (Wildman–Crippen MR) is 59.9 cm³/mol. The zero-order chi connectivity index (χ0) is 12.6. The number of benzene rings is 1. The summed E-state index contributed by atoms with van der Waals surface area (Å²) < 4.78 is 20.0. The van der Waals surface area contributed by atoms with Crippen molar-refractivity contribution >= 4 is 18.8 Å². The van der Waals surface area contributed by atoms with Crippen molar-refractivity contribution in [2.75, 3.05) is 0 Å². The van der Waals surface area contributed by atoms with Crippen molar-refractivity contribution in [1.82, 2.24) is 0 Å². The number of phosphoric acid groups is 1. The van der Waals surface area contributed by atoms with Gasteiger partial charge in [0.1, 0.15) is 5.58 Å². The Morgan fingerprint density at radius 2 is 1.94 bits per heavy atom. The molecule has 1 aromatic heterocycles. The minimum Gasteiger partial charge on any atom is -0.420 e. The van der Waals surface area contributed by atoms with E-state index < -0.39 is 19.2 Å². The van der Waals surface area contributed by atoms with Crippen LogP contribution in [0.5, 0.6) is 5.75 Å². The Balaban J connectivity index is 2.72. The molecular formula is C10H9O6P. The number of phosphoric ester groups is 1. The van der Waals surface area contributed by atoms with Crippen molar-refractivity contribution in [1.29, 1.82) is 0 Å². The van der Waals surface area contributed by atoms with E-state index in [0.29, 0.717) is 16.5 Å². The SMILES string of the molecule is Cc1c(OP(=O)(O)O)c(=O)oc2ccccc12. The summed E-state index contributed by atoms with van der Waals surface area (Å²) in [5, 5.41) is 0.565. The number of aryl methyl sites for hydroxylation is 1. The highest BCUT2D eigenvalue weighted by Gasteiger charge is 2.22. The van der Waals surface area contributed by atoms with Crippen molar-refractivity contribution < 1.29 is 23.3 Å². The Hall–Kier alpha value is -1.62. The first-order valence-electron chi connectivity index (χ1n) is 4.66. The molecule has 0 spiro atoms. The van der Waals surface area contributed by atoms with Crippen LogP contribution in [0.4, 0.5) is 0 Å². The van der Waals surface area contributed by atoms with Gasteiger partial charge < -0.3 is 8.94 Å². The number of para-hydroxylation sites is 1. The lowest BCUT2D eigenvalue weighted by Gasteiger charge is -2.09. The minimum absolute atomic E-state index is 0.333. The zero-order valence-electron chi connectivity index (χ0n) is 8.78. The molecule has 0 amide bonds. The van der Waals surface area contributed by atoms with Gasteiger partial charge in [0, 0.05) is 10.9 Å². The van der Waals surface area contributed by atoms with E-state index in [0.717, 1.165) is 0 Å². The molecule has 0 aliphatic rings. The molecule has 0 bridgehead atoms. The average Bonchev–Trinajstić information content (AvgIpc) is 2.23. The van der Waals surface area contributed by atoms with Gasteiger partial charge in [0.2, 0.25) is 5.75 Å². The molecule has 1 aromatic carbocycles. The highest BCUT2D eigenvalue weighted by atomic mass is 31.2. The lowest BCUT2D eigenvalue weighted by Crippen LogP contribution is -2.07. The molecule has 0 radical (unpaired) electrons. The van der Waals surface area contributed by atoms with E-state index in [-0.39, 0.29) is 0 Å². The van der Waals surface area contributed by atoms with Crippen molar-refractivity contribution in [3.05, 3.63) is 40.2 Å². The summed E-state index contributed by atoms with van der Waals surface area (Å²) in [5.41, 5.74) is -0.238. The summed E-state index contributed by atoms with van der Waals surface area (Å²) in [5.74, 6) is -0.461. The van der Waals surface area contributed by atoms with Crippen LogP contribution < -0.4 is 10.1 Å². The maximum Gasteiger partial charge on any atom is 0.525 e.